The van der Waals surface area contributed by atoms with E-state index in [1.54, 1.807) is 0 Å². The molecule has 0 spiro atoms. The SMILES string of the molecule is Cc1ccc(Cc2nnc(CCO)o2)cc1. The van der Waals surface area contributed by atoms with Crippen molar-refractivity contribution in [2.75, 3.05) is 6.61 Å². The molecule has 84 valence electrons. The van der Waals surface area contributed by atoms with Crippen LogP contribution in [0, 0.1) is 6.92 Å². The number of aryl methyl sites for hydroxylation is 1. The highest BCUT2D eigenvalue weighted by molar-refractivity contribution is 5.23. The molecule has 0 radical (unpaired) electrons. The summed E-state index contributed by atoms with van der Waals surface area (Å²) in [7, 11) is 0. The molecular weight excluding hydrogens is 204 g/mol. The molecule has 4 heteroatoms. The van der Waals surface area contributed by atoms with Crippen LogP contribution in [0.15, 0.2) is 28.7 Å². The van der Waals surface area contributed by atoms with Gasteiger partial charge >= 0.3 is 0 Å². The topological polar surface area (TPSA) is 59.2 Å². The van der Waals surface area contributed by atoms with Crippen LogP contribution in [0.25, 0.3) is 0 Å². The first-order valence-corrected chi connectivity index (χ1v) is 5.25. The van der Waals surface area contributed by atoms with E-state index in [2.05, 4.69) is 29.3 Å². The molecule has 1 heterocycles. The van der Waals surface area contributed by atoms with Gasteiger partial charge in [0.25, 0.3) is 0 Å². The molecule has 0 bridgehead atoms. The number of aliphatic hydroxyl groups excluding tert-OH is 1. The summed E-state index contributed by atoms with van der Waals surface area (Å²) < 4.78 is 5.38. The second-order valence-electron chi connectivity index (χ2n) is 3.73. The Balaban J connectivity index is 2.05. The van der Waals surface area contributed by atoms with Gasteiger partial charge in [0.2, 0.25) is 11.8 Å². The van der Waals surface area contributed by atoms with Crippen molar-refractivity contribution < 1.29 is 9.52 Å². The molecule has 0 saturated carbocycles. The van der Waals surface area contributed by atoms with Crippen molar-refractivity contribution in [3.05, 3.63) is 47.2 Å². The summed E-state index contributed by atoms with van der Waals surface area (Å²) in [4.78, 5) is 0. The molecular formula is C12H14N2O2. The van der Waals surface area contributed by atoms with E-state index in [4.69, 9.17) is 9.52 Å². The number of hydrogen-bond donors (Lipinski definition) is 1. The highest BCUT2D eigenvalue weighted by Crippen LogP contribution is 2.09. The number of hydrogen-bond acceptors (Lipinski definition) is 4. The first-order chi connectivity index (χ1) is 7.78. The molecule has 0 saturated heterocycles. The Morgan fingerprint density at radius 3 is 2.50 bits per heavy atom. The molecule has 1 aromatic heterocycles. The van der Waals surface area contributed by atoms with Crippen LogP contribution in [-0.4, -0.2) is 21.9 Å². The molecule has 2 aromatic rings. The molecule has 0 aliphatic carbocycles. The minimum absolute atomic E-state index is 0.0339. The van der Waals surface area contributed by atoms with Crippen molar-refractivity contribution in [2.24, 2.45) is 0 Å². The molecule has 0 amide bonds. The zero-order valence-corrected chi connectivity index (χ0v) is 9.18. The van der Waals surface area contributed by atoms with Crippen LogP contribution in [0.1, 0.15) is 22.9 Å². The van der Waals surface area contributed by atoms with E-state index in [9.17, 15) is 0 Å². The Kier molecular flexibility index (Phi) is 3.31. The van der Waals surface area contributed by atoms with Gasteiger partial charge in [-0.05, 0) is 12.5 Å². The summed E-state index contributed by atoms with van der Waals surface area (Å²) in [5.41, 5.74) is 2.38. The van der Waals surface area contributed by atoms with Gasteiger partial charge in [-0.15, -0.1) is 10.2 Å². The number of aromatic nitrogens is 2. The third-order valence-corrected chi connectivity index (χ3v) is 2.31. The van der Waals surface area contributed by atoms with Gasteiger partial charge in [0.05, 0.1) is 13.0 Å². The summed E-state index contributed by atoms with van der Waals surface area (Å²) in [5, 5.41) is 16.5. The number of benzene rings is 1. The number of rotatable bonds is 4. The van der Waals surface area contributed by atoms with Gasteiger partial charge in [-0.1, -0.05) is 29.8 Å². The van der Waals surface area contributed by atoms with Gasteiger partial charge in [0, 0.05) is 6.42 Å². The molecule has 0 aliphatic rings. The molecule has 0 unspecified atom stereocenters. The van der Waals surface area contributed by atoms with Gasteiger partial charge in [-0.3, -0.25) is 0 Å². The first-order valence-electron chi connectivity index (χ1n) is 5.25. The Morgan fingerprint density at radius 2 is 1.81 bits per heavy atom. The smallest absolute Gasteiger partial charge is 0.220 e. The highest BCUT2D eigenvalue weighted by Gasteiger charge is 2.06. The molecule has 4 nitrogen and oxygen atoms in total. The van der Waals surface area contributed by atoms with Crippen molar-refractivity contribution >= 4 is 0 Å². The van der Waals surface area contributed by atoms with Gasteiger partial charge in [-0.2, -0.15) is 0 Å². The molecule has 0 atom stereocenters. The quantitative estimate of drug-likeness (QED) is 0.845. The van der Waals surface area contributed by atoms with Crippen LogP contribution in [-0.2, 0) is 12.8 Å². The van der Waals surface area contributed by atoms with E-state index in [-0.39, 0.29) is 6.61 Å². The minimum Gasteiger partial charge on any atom is -0.425 e. The maximum Gasteiger partial charge on any atom is 0.220 e. The predicted molar refractivity (Wildman–Crippen MR) is 59.1 cm³/mol. The summed E-state index contributed by atoms with van der Waals surface area (Å²) >= 11 is 0. The van der Waals surface area contributed by atoms with Gasteiger partial charge in [0.1, 0.15) is 0 Å². The van der Waals surface area contributed by atoms with Crippen LogP contribution in [0.2, 0.25) is 0 Å². The fourth-order valence-corrected chi connectivity index (χ4v) is 1.44. The standard InChI is InChI=1S/C12H14N2O2/c1-9-2-4-10(5-3-9)8-12-14-13-11(16-12)6-7-15/h2-5,15H,6-8H2,1H3. The molecule has 16 heavy (non-hydrogen) atoms. The summed E-state index contributed by atoms with van der Waals surface area (Å²) in [5.74, 6) is 1.08. The molecule has 0 fully saturated rings. The average molecular weight is 218 g/mol. The second kappa shape index (κ2) is 4.90. The normalized spacial score (nSPS) is 10.6. The van der Waals surface area contributed by atoms with E-state index in [0.29, 0.717) is 24.6 Å². The Morgan fingerprint density at radius 1 is 1.12 bits per heavy atom. The van der Waals surface area contributed by atoms with E-state index in [0.717, 1.165) is 5.56 Å². The second-order valence-corrected chi connectivity index (χ2v) is 3.73. The number of aliphatic hydroxyl groups is 1. The molecule has 0 aliphatic heterocycles. The summed E-state index contributed by atoms with van der Waals surface area (Å²) in [6.45, 7) is 2.09. The van der Waals surface area contributed by atoms with Crippen LogP contribution in [0.3, 0.4) is 0 Å². The zero-order chi connectivity index (χ0) is 11.4. The van der Waals surface area contributed by atoms with E-state index < -0.39 is 0 Å². The Labute approximate surface area is 93.9 Å². The lowest BCUT2D eigenvalue weighted by Crippen LogP contribution is -1.89. The van der Waals surface area contributed by atoms with Crippen LogP contribution >= 0.6 is 0 Å². The highest BCUT2D eigenvalue weighted by atomic mass is 16.4. The van der Waals surface area contributed by atoms with Crippen molar-refractivity contribution in [3.63, 3.8) is 0 Å². The maximum atomic E-state index is 8.72. The van der Waals surface area contributed by atoms with Crippen molar-refractivity contribution in [3.8, 4) is 0 Å². The lowest BCUT2D eigenvalue weighted by atomic mass is 10.1. The van der Waals surface area contributed by atoms with E-state index >= 15 is 0 Å². The number of nitrogens with zero attached hydrogens (tertiary/aromatic N) is 2. The molecule has 1 aromatic carbocycles. The lowest BCUT2D eigenvalue weighted by molar-refractivity contribution is 0.283. The van der Waals surface area contributed by atoms with Gasteiger partial charge in [-0.25, -0.2) is 0 Å². The van der Waals surface area contributed by atoms with Crippen LogP contribution in [0.5, 0.6) is 0 Å². The fraction of sp³-hybridized carbons (Fsp3) is 0.333. The van der Waals surface area contributed by atoms with Gasteiger partial charge < -0.3 is 9.52 Å². The maximum absolute atomic E-state index is 8.72. The third kappa shape index (κ3) is 2.67. The van der Waals surface area contributed by atoms with Crippen LogP contribution in [0.4, 0.5) is 0 Å². The third-order valence-electron chi connectivity index (χ3n) is 2.31. The predicted octanol–water partition coefficient (Wildman–Crippen LogP) is 1.50. The average Bonchev–Trinajstić information content (AvgIpc) is 2.70. The van der Waals surface area contributed by atoms with E-state index in [1.807, 2.05) is 12.1 Å². The Bertz CT molecular complexity index is 448. The minimum atomic E-state index is 0.0339. The Hall–Kier alpha value is -1.68. The van der Waals surface area contributed by atoms with Crippen LogP contribution < -0.4 is 0 Å². The van der Waals surface area contributed by atoms with Crippen molar-refractivity contribution in [2.45, 2.75) is 19.8 Å². The lowest BCUT2D eigenvalue weighted by Gasteiger charge is -1.97. The summed E-state index contributed by atoms with van der Waals surface area (Å²) in [6.07, 6.45) is 1.06. The van der Waals surface area contributed by atoms with Crippen molar-refractivity contribution in [1.82, 2.24) is 10.2 Å². The van der Waals surface area contributed by atoms with Gasteiger partial charge in [0.15, 0.2) is 0 Å². The van der Waals surface area contributed by atoms with E-state index in [1.165, 1.54) is 5.56 Å². The fourth-order valence-electron chi connectivity index (χ4n) is 1.44. The molecule has 1 N–H and O–H groups in total. The first kappa shape index (κ1) is 10.8. The summed E-state index contributed by atoms with van der Waals surface area (Å²) in [6, 6.07) is 8.21. The molecule has 2 rings (SSSR count). The monoisotopic (exact) mass is 218 g/mol. The zero-order valence-electron chi connectivity index (χ0n) is 9.18. The largest absolute Gasteiger partial charge is 0.425 e. The van der Waals surface area contributed by atoms with Crippen molar-refractivity contribution in [1.29, 1.82) is 0 Å².